The molecule has 1 atom stereocenters. The maximum atomic E-state index is 4.60. The predicted octanol–water partition coefficient (Wildman–Crippen LogP) is 4.56. The fraction of sp³-hybridized carbons (Fsp3) is 0.714. The molecule has 0 radical (unpaired) electrons. The van der Waals surface area contributed by atoms with Crippen LogP contribution < -0.4 is 0 Å². The summed E-state index contributed by atoms with van der Waals surface area (Å²) in [5.74, 6) is 2.25. The molecule has 80 valence electrons. The second-order valence-electron chi connectivity index (χ2n) is 4.63. The molecule has 0 aromatic rings. The molecule has 0 aromatic heterocycles. The topological polar surface area (TPSA) is 0 Å². The molecule has 1 aliphatic rings. The van der Waals surface area contributed by atoms with E-state index in [0.717, 1.165) is 0 Å². The van der Waals surface area contributed by atoms with Gasteiger partial charge in [0.2, 0.25) is 0 Å². The van der Waals surface area contributed by atoms with Crippen LogP contribution in [-0.4, -0.2) is 0 Å². The van der Waals surface area contributed by atoms with Crippen LogP contribution in [0.5, 0.6) is 0 Å². The van der Waals surface area contributed by atoms with Crippen LogP contribution in [0, 0.1) is 17.8 Å². The van der Waals surface area contributed by atoms with E-state index in [-0.39, 0.29) is 0 Å². The van der Waals surface area contributed by atoms with Gasteiger partial charge in [-0.25, -0.2) is 0 Å². The van der Waals surface area contributed by atoms with Gasteiger partial charge in [-0.2, -0.15) is 0 Å². The average molecular weight is 192 g/mol. The lowest BCUT2D eigenvalue weighted by Gasteiger charge is -2.22. The summed E-state index contributed by atoms with van der Waals surface area (Å²) in [5, 5.41) is 0. The van der Waals surface area contributed by atoms with Crippen molar-refractivity contribution in [3.05, 3.63) is 12.2 Å². The number of rotatable bonds is 3. The van der Waals surface area contributed by atoms with Crippen molar-refractivity contribution in [2.75, 3.05) is 0 Å². The highest BCUT2D eigenvalue weighted by molar-refractivity contribution is 5.06. The Morgan fingerprint density at radius 2 is 2.14 bits per heavy atom. The molecule has 0 heteroatoms. The Morgan fingerprint density at radius 1 is 1.57 bits per heavy atom. The normalized spacial score (nSPS) is 25.1. The molecule has 1 saturated carbocycles. The van der Waals surface area contributed by atoms with Gasteiger partial charge in [0.15, 0.2) is 0 Å². The highest BCUT2D eigenvalue weighted by atomic mass is 14.3. The second kappa shape index (κ2) is 6.71. The Kier molecular flexibility index (Phi) is 6.37. The molecular weight excluding hydrogens is 168 g/mol. The number of hydrogen-bond donors (Lipinski definition) is 0. The lowest BCUT2D eigenvalue weighted by Crippen LogP contribution is -2.09. The Bertz CT molecular complexity index is 207. The van der Waals surface area contributed by atoms with Crippen LogP contribution in [0.15, 0.2) is 12.2 Å². The summed E-state index contributed by atoms with van der Waals surface area (Å²) >= 11 is 0. The summed E-state index contributed by atoms with van der Waals surface area (Å²) in [6.07, 6.45) is 12.7. The first-order valence-corrected chi connectivity index (χ1v) is 5.62. The van der Waals surface area contributed by atoms with Crippen LogP contribution in [0.2, 0.25) is 0 Å². The third kappa shape index (κ3) is 5.12. The summed E-state index contributed by atoms with van der Waals surface area (Å²) in [6.45, 7) is 10.4. The molecule has 0 aliphatic heterocycles. The fourth-order valence-corrected chi connectivity index (χ4v) is 2.08. The van der Waals surface area contributed by atoms with E-state index in [0.29, 0.717) is 5.41 Å². The molecule has 0 nitrogen and oxygen atoms in total. The zero-order chi connectivity index (χ0) is 11.0. The third-order valence-electron chi connectivity index (χ3n) is 2.89. The number of hydrogen-bond acceptors (Lipinski definition) is 0. The quantitative estimate of drug-likeness (QED) is 0.454. The Hall–Kier alpha value is -0.700. The largest absolute Gasteiger partial charge is 0.120 e. The first kappa shape index (κ1) is 13.3. The van der Waals surface area contributed by atoms with Crippen molar-refractivity contribution < 1.29 is 0 Å². The van der Waals surface area contributed by atoms with Crippen LogP contribution in [-0.2, 0) is 0 Å². The van der Waals surface area contributed by atoms with Gasteiger partial charge in [0.1, 0.15) is 0 Å². The molecule has 1 fully saturated rings. The van der Waals surface area contributed by atoms with Crippen LogP contribution in [0.4, 0.5) is 0 Å². The highest BCUT2D eigenvalue weighted by Crippen LogP contribution is 2.43. The molecule has 0 spiro atoms. The smallest absolute Gasteiger partial charge is 0.00297 e. The molecule has 1 aliphatic carbocycles. The van der Waals surface area contributed by atoms with Crippen molar-refractivity contribution in [1.29, 1.82) is 0 Å². The molecule has 0 heterocycles. The van der Waals surface area contributed by atoms with Gasteiger partial charge in [-0.3, -0.25) is 0 Å². The molecule has 1 rings (SSSR count). The number of unbranched alkanes of at least 4 members (excludes halogenated alkanes) is 1. The summed E-state index contributed by atoms with van der Waals surface area (Å²) in [4.78, 5) is 0. The summed E-state index contributed by atoms with van der Waals surface area (Å²) in [5.41, 5.74) is 2.09. The molecule has 0 saturated heterocycles. The molecule has 0 bridgehead atoms. The van der Waals surface area contributed by atoms with Gasteiger partial charge >= 0.3 is 0 Å². The molecule has 0 amide bonds. The van der Waals surface area contributed by atoms with E-state index in [1.807, 2.05) is 0 Å². The molecule has 14 heavy (non-hydrogen) atoms. The SMILES string of the molecule is C#CC.C=C1CCC(C)(CCCC)C1. The van der Waals surface area contributed by atoms with E-state index in [1.165, 1.54) is 44.1 Å². The zero-order valence-electron chi connectivity index (χ0n) is 10.0. The van der Waals surface area contributed by atoms with Crippen molar-refractivity contribution in [3.8, 4) is 12.3 Å². The van der Waals surface area contributed by atoms with Gasteiger partial charge in [0.05, 0.1) is 0 Å². The van der Waals surface area contributed by atoms with E-state index in [2.05, 4.69) is 32.8 Å². The summed E-state index contributed by atoms with van der Waals surface area (Å²) in [6, 6.07) is 0. The van der Waals surface area contributed by atoms with Gasteiger partial charge in [-0.1, -0.05) is 38.8 Å². The maximum Gasteiger partial charge on any atom is -0.00297 e. The van der Waals surface area contributed by atoms with Crippen molar-refractivity contribution in [1.82, 2.24) is 0 Å². The van der Waals surface area contributed by atoms with Crippen LogP contribution >= 0.6 is 0 Å². The predicted molar refractivity (Wildman–Crippen MR) is 65.1 cm³/mol. The van der Waals surface area contributed by atoms with E-state index in [4.69, 9.17) is 0 Å². The summed E-state index contributed by atoms with van der Waals surface area (Å²) in [7, 11) is 0. The van der Waals surface area contributed by atoms with Crippen LogP contribution in [0.25, 0.3) is 0 Å². The Labute approximate surface area is 89.8 Å². The Morgan fingerprint density at radius 3 is 2.50 bits per heavy atom. The minimum atomic E-state index is 0.618. The monoisotopic (exact) mass is 192 g/mol. The van der Waals surface area contributed by atoms with E-state index in [9.17, 15) is 0 Å². The number of terminal acetylenes is 1. The zero-order valence-corrected chi connectivity index (χ0v) is 10.0. The first-order valence-electron chi connectivity index (χ1n) is 5.62. The van der Waals surface area contributed by atoms with Crippen molar-refractivity contribution >= 4 is 0 Å². The minimum absolute atomic E-state index is 0.618. The van der Waals surface area contributed by atoms with E-state index < -0.39 is 0 Å². The lowest BCUT2D eigenvalue weighted by molar-refractivity contribution is 0.304. The maximum absolute atomic E-state index is 4.60. The average Bonchev–Trinajstić information content (AvgIpc) is 2.45. The fourth-order valence-electron chi connectivity index (χ4n) is 2.08. The van der Waals surface area contributed by atoms with Crippen LogP contribution in [0.3, 0.4) is 0 Å². The second-order valence-corrected chi connectivity index (χ2v) is 4.63. The minimum Gasteiger partial charge on any atom is -0.120 e. The first-order chi connectivity index (χ1) is 6.58. The number of allylic oxidation sites excluding steroid dienone is 1. The van der Waals surface area contributed by atoms with Gasteiger partial charge in [-0.05, 0) is 38.0 Å². The van der Waals surface area contributed by atoms with Gasteiger partial charge in [0, 0.05) is 0 Å². The Balaban J connectivity index is 0.000000500. The van der Waals surface area contributed by atoms with Gasteiger partial charge in [0.25, 0.3) is 0 Å². The van der Waals surface area contributed by atoms with Gasteiger partial charge in [-0.15, -0.1) is 12.3 Å². The summed E-state index contributed by atoms with van der Waals surface area (Å²) < 4.78 is 0. The highest BCUT2D eigenvalue weighted by Gasteiger charge is 2.29. The molecular formula is C14H24. The standard InChI is InChI=1S/C11H20.C3H4/c1-4-5-7-11(3)8-6-10(2)9-11;1-3-2/h2,4-9H2,1,3H3;1H,2H3. The van der Waals surface area contributed by atoms with Crippen molar-refractivity contribution in [2.45, 2.75) is 59.3 Å². The van der Waals surface area contributed by atoms with Crippen LogP contribution in [0.1, 0.15) is 59.3 Å². The van der Waals surface area contributed by atoms with Crippen molar-refractivity contribution in [3.63, 3.8) is 0 Å². The molecule has 0 aromatic carbocycles. The molecule has 0 N–H and O–H groups in total. The van der Waals surface area contributed by atoms with Crippen molar-refractivity contribution in [2.24, 2.45) is 5.41 Å². The van der Waals surface area contributed by atoms with E-state index >= 15 is 0 Å². The van der Waals surface area contributed by atoms with Gasteiger partial charge < -0.3 is 0 Å². The van der Waals surface area contributed by atoms with E-state index in [1.54, 1.807) is 6.92 Å². The molecule has 1 unspecified atom stereocenters. The lowest BCUT2D eigenvalue weighted by atomic mass is 9.83. The third-order valence-corrected chi connectivity index (χ3v) is 2.89.